The van der Waals surface area contributed by atoms with Gasteiger partial charge in [-0.3, -0.25) is 4.79 Å². The van der Waals surface area contributed by atoms with Gasteiger partial charge in [-0.15, -0.1) is 12.6 Å². The first-order valence-corrected chi connectivity index (χ1v) is 6.08. The SMILES string of the molecule is Cc1ccccc1-n1ncc2c1NC(S)NC2=O. The van der Waals surface area contributed by atoms with Crippen molar-refractivity contribution >= 4 is 24.4 Å². The van der Waals surface area contributed by atoms with E-state index in [0.717, 1.165) is 11.3 Å². The highest BCUT2D eigenvalue weighted by molar-refractivity contribution is 7.81. The van der Waals surface area contributed by atoms with Gasteiger partial charge in [0.25, 0.3) is 5.91 Å². The number of fused-ring (bicyclic) bond motifs is 1. The van der Waals surface area contributed by atoms with E-state index in [2.05, 4.69) is 28.4 Å². The topological polar surface area (TPSA) is 59.0 Å². The Kier molecular flexibility index (Phi) is 2.52. The van der Waals surface area contributed by atoms with Crippen LogP contribution in [-0.4, -0.2) is 21.2 Å². The van der Waals surface area contributed by atoms with Crippen molar-refractivity contribution in [1.29, 1.82) is 0 Å². The maximum atomic E-state index is 11.8. The molecule has 2 aromatic rings. The van der Waals surface area contributed by atoms with Gasteiger partial charge in [0, 0.05) is 0 Å². The molecule has 2 N–H and O–H groups in total. The molecule has 1 atom stereocenters. The minimum atomic E-state index is -0.399. The average Bonchev–Trinajstić information content (AvgIpc) is 2.73. The highest BCUT2D eigenvalue weighted by Crippen LogP contribution is 2.25. The average molecular weight is 260 g/mol. The third kappa shape index (κ3) is 1.65. The molecule has 0 radical (unpaired) electrons. The lowest BCUT2D eigenvalue weighted by Gasteiger charge is -2.23. The number of anilines is 1. The molecule has 0 saturated heterocycles. The van der Waals surface area contributed by atoms with Crippen LogP contribution in [0.4, 0.5) is 5.82 Å². The standard InChI is InChI=1S/C12H12N4OS/c1-7-4-2-3-5-9(7)16-10-8(6-13-16)11(17)15-12(18)14-10/h2-6,12,14,18H,1H3,(H,15,17). The van der Waals surface area contributed by atoms with E-state index in [-0.39, 0.29) is 5.91 Å². The van der Waals surface area contributed by atoms with Gasteiger partial charge in [0.15, 0.2) is 0 Å². The van der Waals surface area contributed by atoms with E-state index in [4.69, 9.17) is 0 Å². The third-order valence-corrected chi connectivity index (χ3v) is 3.16. The number of aromatic nitrogens is 2. The zero-order valence-corrected chi connectivity index (χ0v) is 10.6. The third-order valence-electron chi connectivity index (χ3n) is 2.90. The predicted octanol–water partition coefficient (Wildman–Crippen LogP) is 1.55. The molecule has 2 heterocycles. The Morgan fingerprint density at radius 2 is 2.11 bits per heavy atom. The molecule has 5 nitrogen and oxygen atoms in total. The summed E-state index contributed by atoms with van der Waals surface area (Å²) in [5, 5.41) is 10.0. The van der Waals surface area contributed by atoms with E-state index in [9.17, 15) is 4.79 Å². The molecule has 3 rings (SSSR count). The van der Waals surface area contributed by atoms with Crippen LogP contribution in [0.1, 0.15) is 15.9 Å². The summed E-state index contributed by atoms with van der Waals surface area (Å²) in [4.78, 5) is 11.8. The first kappa shape index (κ1) is 11.2. The molecule has 0 aliphatic carbocycles. The van der Waals surface area contributed by atoms with Gasteiger partial charge < -0.3 is 10.6 Å². The monoisotopic (exact) mass is 260 g/mol. The number of hydrogen-bond acceptors (Lipinski definition) is 4. The van der Waals surface area contributed by atoms with Crippen LogP contribution in [0.5, 0.6) is 0 Å². The molecular weight excluding hydrogens is 248 g/mol. The molecule has 1 aliphatic rings. The van der Waals surface area contributed by atoms with Crippen LogP contribution >= 0.6 is 12.6 Å². The van der Waals surface area contributed by atoms with Crippen molar-refractivity contribution in [1.82, 2.24) is 15.1 Å². The second kappa shape index (κ2) is 4.06. The molecule has 1 aliphatic heterocycles. The van der Waals surface area contributed by atoms with Crippen LogP contribution in [0.3, 0.4) is 0 Å². The van der Waals surface area contributed by atoms with E-state index in [1.165, 1.54) is 0 Å². The van der Waals surface area contributed by atoms with Gasteiger partial charge >= 0.3 is 0 Å². The highest BCUT2D eigenvalue weighted by atomic mass is 32.1. The molecule has 0 fully saturated rings. The number of thiol groups is 1. The van der Waals surface area contributed by atoms with Crippen LogP contribution in [-0.2, 0) is 0 Å². The van der Waals surface area contributed by atoms with Gasteiger partial charge in [0.05, 0.1) is 11.9 Å². The summed E-state index contributed by atoms with van der Waals surface area (Å²) in [5.74, 6) is 0.511. The zero-order valence-electron chi connectivity index (χ0n) is 9.71. The summed E-state index contributed by atoms with van der Waals surface area (Å²) in [6, 6.07) is 7.88. The number of para-hydroxylation sites is 1. The summed E-state index contributed by atoms with van der Waals surface area (Å²) in [7, 11) is 0. The number of carbonyl (C=O) groups is 1. The summed E-state index contributed by atoms with van der Waals surface area (Å²) in [5.41, 5.74) is 2.17. The summed E-state index contributed by atoms with van der Waals surface area (Å²) in [6.07, 6.45) is 1.56. The molecule has 6 heteroatoms. The predicted molar refractivity (Wildman–Crippen MR) is 72.2 cm³/mol. The molecule has 18 heavy (non-hydrogen) atoms. The fraction of sp³-hybridized carbons (Fsp3) is 0.167. The number of carbonyl (C=O) groups excluding carboxylic acids is 1. The Balaban J connectivity index is 2.16. The molecule has 0 saturated carbocycles. The lowest BCUT2D eigenvalue weighted by atomic mass is 10.2. The van der Waals surface area contributed by atoms with Gasteiger partial charge in [0.2, 0.25) is 0 Å². The molecule has 0 bridgehead atoms. The number of hydrogen-bond donors (Lipinski definition) is 3. The van der Waals surface area contributed by atoms with E-state index in [1.807, 2.05) is 31.2 Å². The van der Waals surface area contributed by atoms with Crippen molar-refractivity contribution in [2.45, 2.75) is 12.4 Å². The van der Waals surface area contributed by atoms with Gasteiger partial charge in [0.1, 0.15) is 16.9 Å². The van der Waals surface area contributed by atoms with Crippen molar-refractivity contribution < 1.29 is 4.79 Å². The number of benzene rings is 1. The molecule has 1 aromatic heterocycles. The van der Waals surface area contributed by atoms with E-state index >= 15 is 0 Å². The fourth-order valence-electron chi connectivity index (χ4n) is 2.00. The lowest BCUT2D eigenvalue weighted by Crippen LogP contribution is -2.41. The van der Waals surface area contributed by atoms with Crippen molar-refractivity contribution in [3.05, 3.63) is 41.6 Å². The maximum absolute atomic E-state index is 11.8. The summed E-state index contributed by atoms with van der Waals surface area (Å²) >= 11 is 4.22. The van der Waals surface area contributed by atoms with E-state index in [0.29, 0.717) is 11.4 Å². The Hall–Kier alpha value is -1.95. The number of rotatable bonds is 1. The van der Waals surface area contributed by atoms with Gasteiger partial charge in [-0.2, -0.15) is 5.10 Å². The number of aryl methyl sites for hydroxylation is 1. The van der Waals surface area contributed by atoms with Crippen LogP contribution in [0.25, 0.3) is 5.69 Å². The second-order valence-corrected chi connectivity index (χ2v) is 4.64. The fourth-order valence-corrected chi connectivity index (χ4v) is 2.24. The van der Waals surface area contributed by atoms with Crippen LogP contribution in [0.2, 0.25) is 0 Å². The number of amides is 1. The van der Waals surface area contributed by atoms with Crippen LogP contribution in [0.15, 0.2) is 30.5 Å². The van der Waals surface area contributed by atoms with Crippen LogP contribution in [0, 0.1) is 6.92 Å². The van der Waals surface area contributed by atoms with E-state index < -0.39 is 5.50 Å². The molecule has 1 unspecified atom stereocenters. The molecular formula is C12H12N4OS. The maximum Gasteiger partial charge on any atom is 0.258 e. The Morgan fingerprint density at radius 1 is 1.33 bits per heavy atom. The smallest absolute Gasteiger partial charge is 0.258 e. The quantitative estimate of drug-likeness (QED) is 0.682. The number of nitrogens with one attached hydrogen (secondary N) is 2. The molecule has 1 aromatic carbocycles. The molecule has 1 amide bonds. The highest BCUT2D eigenvalue weighted by Gasteiger charge is 2.26. The summed E-state index contributed by atoms with van der Waals surface area (Å²) in [6.45, 7) is 2.00. The van der Waals surface area contributed by atoms with Crippen molar-refractivity contribution in [2.24, 2.45) is 0 Å². The van der Waals surface area contributed by atoms with Gasteiger partial charge in [-0.1, -0.05) is 18.2 Å². The van der Waals surface area contributed by atoms with Crippen molar-refractivity contribution in [2.75, 3.05) is 5.32 Å². The van der Waals surface area contributed by atoms with Gasteiger partial charge in [-0.05, 0) is 18.6 Å². The Labute approximate surface area is 110 Å². The minimum absolute atomic E-state index is 0.163. The van der Waals surface area contributed by atoms with Crippen molar-refractivity contribution in [3.63, 3.8) is 0 Å². The van der Waals surface area contributed by atoms with Crippen molar-refractivity contribution in [3.8, 4) is 5.69 Å². The Morgan fingerprint density at radius 3 is 2.89 bits per heavy atom. The zero-order chi connectivity index (χ0) is 12.7. The molecule has 0 spiro atoms. The number of nitrogens with zero attached hydrogens (tertiary/aromatic N) is 2. The second-order valence-electron chi connectivity index (χ2n) is 4.13. The minimum Gasteiger partial charge on any atom is -0.341 e. The van der Waals surface area contributed by atoms with Crippen LogP contribution < -0.4 is 10.6 Å². The van der Waals surface area contributed by atoms with Gasteiger partial charge in [-0.25, -0.2) is 4.68 Å². The normalized spacial score (nSPS) is 17.9. The first-order valence-electron chi connectivity index (χ1n) is 5.56. The summed E-state index contributed by atoms with van der Waals surface area (Å²) < 4.78 is 1.73. The molecule has 92 valence electrons. The first-order chi connectivity index (χ1) is 8.66. The van der Waals surface area contributed by atoms with E-state index in [1.54, 1.807) is 10.9 Å². The Bertz CT molecular complexity index is 622. The lowest BCUT2D eigenvalue weighted by molar-refractivity contribution is 0.0948. The largest absolute Gasteiger partial charge is 0.341 e.